The molecule has 2 unspecified atom stereocenters. The predicted molar refractivity (Wildman–Crippen MR) is 75.5 cm³/mol. The van der Waals surface area contributed by atoms with Gasteiger partial charge in [0.05, 0.1) is 18.8 Å². The molecule has 0 aromatic heterocycles. The smallest absolute Gasteiger partial charge is 0.0982 e. The van der Waals surface area contributed by atoms with Gasteiger partial charge in [-0.05, 0) is 16.7 Å². The Bertz CT molecular complexity index is 513. The van der Waals surface area contributed by atoms with Gasteiger partial charge in [0.15, 0.2) is 0 Å². The molecule has 3 heteroatoms. The largest absolute Gasteiger partial charge is 0.386 e. The van der Waals surface area contributed by atoms with E-state index in [2.05, 4.69) is 0 Å². The van der Waals surface area contributed by atoms with Gasteiger partial charge in [0.2, 0.25) is 0 Å². The fourth-order valence-corrected chi connectivity index (χ4v) is 2.10. The number of benzene rings is 2. The van der Waals surface area contributed by atoms with Crippen LogP contribution in [0.2, 0.25) is 0 Å². The number of aliphatic hydroxyl groups is 1. The number of hydrogen-bond donors (Lipinski definition) is 2. The Kier molecular flexibility index (Phi) is 4.68. The molecule has 2 atom stereocenters. The molecule has 3 nitrogen and oxygen atoms in total. The summed E-state index contributed by atoms with van der Waals surface area (Å²) < 4.78 is 5.09. The van der Waals surface area contributed by atoms with Crippen LogP contribution in [0.1, 0.15) is 28.8 Å². The second kappa shape index (κ2) is 6.48. The lowest BCUT2D eigenvalue weighted by molar-refractivity contribution is 0.146. The van der Waals surface area contributed by atoms with Crippen LogP contribution in [0.5, 0.6) is 0 Å². The molecule has 100 valence electrons. The van der Waals surface area contributed by atoms with E-state index < -0.39 is 12.1 Å². The predicted octanol–water partition coefficient (Wildman–Crippen LogP) is 2.57. The van der Waals surface area contributed by atoms with E-state index in [1.54, 1.807) is 7.11 Å². The number of aliphatic hydroxyl groups excluding tert-OH is 1. The van der Waals surface area contributed by atoms with Gasteiger partial charge < -0.3 is 15.6 Å². The minimum Gasteiger partial charge on any atom is -0.386 e. The third-order valence-corrected chi connectivity index (χ3v) is 3.13. The van der Waals surface area contributed by atoms with E-state index in [4.69, 9.17) is 10.5 Å². The highest BCUT2D eigenvalue weighted by Gasteiger charge is 2.18. The molecule has 0 spiro atoms. The third kappa shape index (κ3) is 3.41. The highest BCUT2D eigenvalue weighted by Crippen LogP contribution is 2.27. The lowest BCUT2D eigenvalue weighted by Gasteiger charge is -2.20. The summed E-state index contributed by atoms with van der Waals surface area (Å²) in [5, 5.41) is 10.4. The Morgan fingerprint density at radius 1 is 1.05 bits per heavy atom. The average molecular weight is 257 g/mol. The van der Waals surface area contributed by atoms with E-state index in [9.17, 15) is 5.11 Å². The Morgan fingerprint density at radius 3 is 2.42 bits per heavy atom. The van der Waals surface area contributed by atoms with Crippen molar-refractivity contribution < 1.29 is 9.84 Å². The fraction of sp³-hybridized carbons (Fsp3) is 0.250. The molecule has 0 aliphatic carbocycles. The van der Waals surface area contributed by atoms with E-state index in [0.717, 1.165) is 16.7 Å². The van der Waals surface area contributed by atoms with Gasteiger partial charge >= 0.3 is 0 Å². The molecular formula is C16H19NO2. The monoisotopic (exact) mass is 257 g/mol. The highest BCUT2D eigenvalue weighted by atomic mass is 16.5. The van der Waals surface area contributed by atoms with Gasteiger partial charge in [-0.15, -0.1) is 0 Å². The molecule has 0 radical (unpaired) electrons. The molecular weight excluding hydrogens is 238 g/mol. The lowest BCUT2D eigenvalue weighted by atomic mass is 9.95. The van der Waals surface area contributed by atoms with E-state index in [-0.39, 0.29) is 0 Å². The van der Waals surface area contributed by atoms with Crippen molar-refractivity contribution in [2.24, 2.45) is 5.73 Å². The lowest BCUT2D eigenvalue weighted by Crippen LogP contribution is -2.19. The van der Waals surface area contributed by atoms with Crippen LogP contribution in [0.3, 0.4) is 0 Å². The van der Waals surface area contributed by atoms with E-state index in [1.165, 1.54) is 0 Å². The summed E-state index contributed by atoms with van der Waals surface area (Å²) in [4.78, 5) is 0. The Hall–Kier alpha value is -1.68. The SMILES string of the molecule is COCc1cccc(C(O)C(N)c2ccccc2)c1. The molecule has 2 aromatic carbocycles. The van der Waals surface area contributed by atoms with Gasteiger partial charge in [-0.3, -0.25) is 0 Å². The average Bonchev–Trinajstić information content (AvgIpc) is 2.47. The van der Waals surface area contributed by atoms with Gasteiger partial charge in [0, 0.05) is 7.11 Å². The maximum atomic E-state index is 10.4. The number of hydrogen-bond acceptors (Lipinski definition) is 3. The summed E-state index contributed by atoms with van der Waals surface area (Å²) in [6.07, 6.45) is -0.723. The highest BCUT2D eigenvalue weighted by molar-refractivity contribution is 5.29. The first-order valence-electron chi connectivity index (χ1n) is 6.28. The van der Waals surface area contributed by atoms with Gasteiger partial charge in [0.25, 0.3) is 0 Å². The first kappa shape index (κ1) is 13.7. The maximum Gasteiger partial charge on any atom is 0.0982 e. The van der Waals surface area contributed by atoms with Crippen LogP contribution in [0, 0.1) is 0 Å². The third-order valence-electron chi connectivity index (χ3n) is 3.13. The van der Waals surface area contributed by atoms with Crippen LogP contribution >= 0.6 is 0 Å². The quantitative estimate of drug-likeness (QED) is 0.865. The Labute approximate surface area is 113 Å². The number of methoxy groups -OCH3 is 1. The van der Waals surface area contributed by atoms with Gasteiger partial charge in [-0.1, -0.05) is 54.6 Å². The van der Waals surface area contributed by atoms with Crippen molar-refractivity contribution in [1.29, 1.82) is 0 Å². The number of rotatable bonds is 5. The molecule has 0 aliphatic heterocycles. The van der Waals surface area contributed by atoms with E-state index >= 15 is 0 Å². The Morgan fingerprint density at radius 2 is 1.74 bits per heavy atom. The summed E-state index contributed by atoms with van der Waals surface area (Å²) >= 11 is 0. The van der Waals surface area contributed by atoms with Crippen LogP contribution in [0.15, 0.2) is 54.6 Å². The maximum absolute atomic E-state index is 10.4. The minimum absolute atomic E-state index is 0.431. The molecule has 0 aliphatic rings. The Balaban J connectivity index is 2.19. The first-order chi connectivity index (χ1) is 9.22. The zero-order valence-corrected chi connectivity index (χ0v) is 11.0. The molecule has 2 aromatic rings. The minimum atomic E-state index is -0.723. The van der Waals surface area contributed by atoms with Crippen molar-refractivity contribution in [3.8, 4) is 0 Å². The number of ether oxygens (including phenoxy) is 1. The summed E-state index contributed by atoms with van der Waals surface area (Å²) in [6, 6.07) is 16.9. The molecule has 0 heterocycles. The second-order valence-corrected chi connectivity index (χ2v) is 4.56. The molecule has 0 saturated carbocycles. The van der Waals surface area contributed by atoms with Crippen molar-refractivity contribution in [2.75, 3.05) is 7.11 Å². The summed E-state index contributed by atoms with van der Waals surface area (Å²) in [5.41, 5.74) is 8.87. The van der Waals surface area contributed by atoms with Crippen molar-refractivity contribution in [2.45, 2.75) is 18.8 Å². The van der Waals surface area contributed by atoms with Crippen LogP contribution in [-0.2, 0) is 11.3 Å². The standard InChI is InChI=1S/C16H19NO2/c1-19-11-12-6-5-9-14(10-12)16(18)15(17)13-7-3-2-4-8-13/h2-10,15-16,18H,11,17H2,1H3. The van der Waals surface area contributed by atoms with Crippen LogP contribution < -0.4 is 5.73 Å². The molecule has 0 bridgehead atoms. The zero-order chi connectivity index (χ0) is 13.7. The van der Waals surface area contributed by atoms with Crippen LogP contribution in [0.25, 0.3) is 0 Å². The molecule has 0 saturated heterocycles. The van der Waals surface area contributed by atoms with Crippen LogP contribution in [-0.4, -0.2) is 12.2 Å². The number of nitrogens with two attached hydrogens (primary N) is 1. The van der Waals surface area contributed by atoms with Crippen molar-refractivity contribution in [3.05, 3.63) is 71.3 Å². The molecule has 0 fully saturated rings. The molecule has 0 amide bonds. The van der Waals surface area contributed by atoms with Gasteiger partial charge in [-0.25, -0.2) is 0 Å². The molecule has 2 rings (SSSR count). The van der Waals surface area contributed by atoms with Crippen molar-refractivity contribution in [3.63, 3.8) is 0 Å². The van der Waals surface area contributed by atoms with Gasteiger partial charge in [-0.2, -0.15) is 0 Å². The second-order valence-electron chi connectivity index (χ2n) is 4.56. The molecule has 19 heavy (non-hydrogen) atoms. The summed E-state index contributed by atoms with van der Waals surface area (Å²) in [5.74, 6) is 0. The summed E-state index contributed by atoms with van der Waals surface area (Å²) in [7, 11) is 1.65. The fourth-order valence-electron chi connectivity index (χ4n) is 2.10. The summed E-state index contributed by atoms with van der Waals surface area (Å²) in [6.45, 7) is 0.529. The van der Waals surface area contributed by atoms with Crippen LogP contribution in [0.4, 0.5) is 0 Å². The normalized spacial score (nSPS) is 14.1. The van der Waals surface area contributed by atoms with Gasteiger partial charge in [0.1, 0.15) is 0 Å². The van der Waals surface area contributed by atoms with Crippen molar-refractivity contribution >= 4 is 0 Å². The topological polar surface area (TPSA) is 55.5 Å². The molecule has 3 N–H and O–H groups in total. The van der Waals surface area contributed by atoms with Crippen molar-refractivity contribution in [1.82, 2.24) is 0 Å². The first-order valence-corrected chi connectivity index (χ1v) is 6.28. The van der Waals surface area contributed by atoms with E-state index in [1.807, 2.05) is 54.6 Å². The van der Waals surface area contributed by atoms with E-state index in [0.29, 0.717) is 6.61 Å². The zero-order valence-electron chi connectivity index (χ0n) is 11.0.